The smallest absolute Gasteiger partial charge is 0.404 e. The summed E-state index contributed by atoms with van der Waals surface area (Å²) in [4.78, 5) is 12.2. The van der Waals surface area contributed by atoms with Crippen LogP contribution < -0.4 is 9.46 Å². The van der Waals surface area contributed by atoms with Gasteiger partial charge in [-0.15, -0.1) is 18.3 Å². The van der Waals surface area contributed by atoms with E-state index in [0.717, 1.165) is 18.2 Å². The molecular formula is C22H13Cl2F3N4O4S. The van der Waals surface area contributed by atoms with Gasteiger partial charge in [-0.2, -0.15) is 0 Å². The maximum Gasteiger partial charge on any atom is 0.573 e. The number of aromatic nitrogens is 3. The van der Waals surface area contributed by atoms with Gasteiger partial charge in [0.15, 0.2) is 5.69 Å². The Balaban J connectivity index is 1.78. The number of amides is 1. The van der Waals surface area contributed by atoms with Gasteiger partial charge in [-0.25, -0.2) is 17.8 Å². The lowest BCUT2D eigenvalue weighted by Crippen LogP contribution is -2.32. The van der Waals surface area contributed by atoms with Crippen molar-refractivity contribution in [1.82, 2.24) is 19.7 Å². The molecule has 0 saturated carbocycles. The highest BCUT2D eigenvalue weighted by Crippen LogP contribution is 2.32. The number of hydrogen-bond donors (Lipinski definition) is 1. The van der Waals surface area contributed by atoms with Crippen molar-refractivity contribution in [3.8, 4) is 22.7 Å². The molecule has 1 amide bonds. The van der Waals surface area contributed by atoms with Crippen molar-refractivity contribution in [1.29, 1.82) is 0 Å². The summed E-state index contributed by atoms with van der Waals surface area (Å²) in [6.07, 6.45) is -5.16. The van der Waals surface area contributed by atoms with Gasteiger partial charge in [-0.3, -0.25) is 4.79 Å². The summed E-state index contributed by atoms with van der Waals surface area (Å²) >= 11 is 12.3. The van der Waals surface area contributed by atoms with Gasteiger partial charge >= 0.3 is 6.36 Å². The van der Waals surface area contributed by atoms with E-state index in [1.165, 1.54) is 28.9 Å². The number of carbonyl (C=O) groups is 1. The topological polar surface area (TPSA) is 103 Å². The Morgan fingerprint density at radius 1 is 0.972 bits per heavy atom. The number of para-hydroxylation sites is 1. The molecule has 14 heteroatoms. The minimum atomic E-state index is -5.16. The van der Waals surface area contributed by atoms with Crippen molar-refractivity contribution in [2.75, 3.05) is 0 Å². The monoisotopic (exact) mass is 556 g/mol. The van der Waals surface area contributed by atoms with Crippen LogP contribution in [0.3, 0.4) is 0 Å². The van der Waals surface area contributed by atoms with Crippen LogP contribution >= 0.6 is 23.2 Å². The van der Waals surface area contributed by atoms with E-state index in [1.807, 2.05) is 0 Å². The molecule has 0 aliphatic rings. The van der Waals surface area contributed by atoms with Gasteiger partial charge in [0.05, 0.1) is 10.7 Å². The average molecular weight is 557 g/mol. The molecule has 0 bridgehead atoms. The predicted octanol–water partition coefficient (Wildman–Crippen LogP) is 5.26. The van der Waals surface area contributed by atoms with E-state index in [0.29, 0.717) is 16.3 Å². The fraction of sp³-hybridized carbons (Fsp3) is 0.0455. The average Bonchev–Trinajstić information content (AvgIpc) is 3.23. The lowest BCUT2D eigenvalue weighted by molar-refractivity contribution is -0.275. The Kier molecular flexibility index (Phi) is 6.94. The molecule has 8 nitrogen and oxygen atoms in total. The Bertz CT molecular complexity index is 1540. The van der Waals surface area contributed by atoms with Crippen LogP contribution in [0.25, 0.3) is 16.9 Å². The lowest BCUT2D eigenvalue weighted by atomic mass is 10.1. The molecule has 0 aliphatic carbocycles. The fourth-order valence-electron chi connectivity index (χ4n) is 3.22. The van der Waals surface area contributed by atoms with E-state index < -0.39 is 38.6 Å². The molecule has 4 rings (SSSR count). The molecule has 0 unspecified atom stereocenters. The minimum absolute atomic E-state index is 0.0762. The molecule has 4 aromatic rings. The van der Waals surface area contributed by atoms with Crippen LogP contribution in [-0.4, -0.2) is 35.7 Å². The quantitative estimate of drug-likeness (QED) is 0.347. The van der Waals surface area contributed by atoms with Gasteiger partial charge in [0.25, 0.3) is 15.9 Å². The molecule has 0 aliphatic heterocycles. The second-order valence-corrected chi connectivity index (χ2v) is 9.58. The number of benzene rings is 3. The highest BCUT2D eigenvalue weighted by Gasteiger charge is 2.35. The second-order valence-electron chi connectivity index (χ2n) is 7.09. The molecule has 36 heavy (non-hydrogen) atoms. The van der Waals surface area contributed by atoms with Crippen LogP contribution in [0.4, 0.5) is 13.2 Å². The molecule has 186 valence electrons. The van der Waals surface area contributed by atoms with Gasteiger partial charge in [0.2, 0.25) is 0 Å². The molecule has 0 radical (unpaired) electrons. The maximum absolute atomic E-state index is 13.1. The fourth-order valence-corrected chi connectivity index (χ4v) is 4.79. The Morgan fingerprint density at radius 2 is 1.64 bits per heavy atom. The minimum Gasteiger partial charge on any atom is -0.404 e. The summed E-state index contributed by atoms with van der Waals surface area (Å²) in [5.41, 5.74) is 0.368. The van der Waals surface area contributed by atoms with Gasteiger partial charge in [-0.1, -0.05) is 70.9 Å². The van der Waals surface area contributed by atoms with Crippen molar-refractivity contribution >= 4 is 39.1 Å². The number of carbonyl (C=O) groups excluding carboxylic acids is 1. The molecular weight excluding hydrogens is 544 g/mol. The number of halogens is 5. The first-order valence-corrected chi connectivity index (χ1v) is 12.1. The molecule has 0 fully saturated rings. The Labute approximate surface area is 212 Å². The highest BCUT2D eigenvalue weighted by atomic mass is 35.5. The molecule has 0 atom stereocenters. The summed E-state index contributed by atoms with van der Waals surface area (Å²) in [7, 11) is -4.82. The summed E-state index contributed by atoms with van der Waals surface area (Å²) in [6.45, 7) is 0. The number of rotatable bonds is 6. The molecule has 1 heterocycles. The molecule has 0 spiro atoms. The third-order valence-corrected chi connectivity index (χ3v) is 6.57. The number of nitrogens with one attached hydrogen (secondary N) is 1. The van der Waals surface area contributed by atoms with Crippen molar-refractivity contribution in [3.63, 3.8) is 0 Å². The third kappa shape index (κ3) is 5.45. The van der Waals surface area contributed by atoms with Crippen molar-refractivity contribution in [2.24, 2.45) is 0 Å². The second kappa shape index (κ2) is 9.80. The van der Waals surface area contributed by atoms with Crippen LogP contribution in [0.2, 0.25) is 10.0 Å². The van der Waals surface area contributed by atoms with Crippen LogP contribution in [-0.2, 0) is 10.0 Å². The first-order chi connectivity index (χ1) is 17.0. The van der Waals surface area contributed by atoms with Gasteiger partial charge in [0, 0.05) is 10.6 Å². The summed E-state index contributed by atoms with van der Waals surface area (Å²) in [6, 6.07) is 16.8. The molecule has 3 aromatic carbocycles. The zero-order chi connectivity index (χ0) is 26.1. The largest absolute Gasteiger partial charge is 0.573 e. The normalized spacial score (nSPS) is 11.8. The van der Waals surface area contributed by atoms with Crippen LogP contribution in [0, 0.1) is 0 Å². The highest BCUT2D eigenvalue weighted by molar-refractivity contribution is 7.90. The maximum atomic E-state index is 13.1. The number of hydrogen-bond acceptors (Lipinski definition) is 6. The molecule has 1 N–H and O–H groups in total. The van der Waals surface area contributed by atoms with E-state index in [9.17, 15) is 26.4 Å². The van der Waals surface area contributed by atoms with Crippen LogP contribution in [0.1, 0.15) is 10.5 Å². The number of alkyl halides is 3. The number of ether oxygens (including phenoxy) is 1. The number of sulfonamides is 1. The van der Waals surface area contributed by atoms with Crippen molar-refractivity contribution in [2.45, 2.75) is 11.3 Å². The predicted molar refractivity (Wildman–Crippen MR) is 125 cm³/mol. The van der Waals surface area contributed by atoms with Gasteiger partial charge in [-0.05, 0) is 30.3 Å². The van der Waals surface area contributed by atoms with E-state index in [-0.39, 0.29) is 10.7 Å². The zero-order valence-corrected chi connectivity index (χ0v) is 20.0. The first kappa shape index (κ1) is 25.5. The molecule has 0 saturated heterocycles. The lowest BCUT2D eigenvalue weighted by Gasteiger charge is -2.14. The van der Waals surface area contributed by atoms with E-state index >= 15 is 0 Å². The standard InChI is InChI=1S/C22H13Cl2F3N4O4S/c23-14-10-11-16(15(24)12-14)31-20(13-6-2-1-3-7-13)19(28-30-31)21(32)29-36(33,34)18-9-5-4-8-17(18)35-22(25,26)27/h1-12H,(H,29,32). The summed E-state index contributed by atoms with van der Waals surface area (Å²) < 4.78 is 70.7. The Hall–Kier alpha value is -3.61. The summed E-state index contributed by atoms with van der Waals surface area (Å²) in [5.74, 6) is -2.25. The van der Waals surface area contributed by atoms with E-state index in [4.69, 9.17) is 23.2 Å². The van der Waals surface area contributed by atoms with E-state index in [1.54, 1.807) is 35.1 Å². The van der Waals surface area contributed by atoms with Crippen LogP contribution in [0.5, 0.6) is 5.75 Å². The van der Waals surface area contributed by atoms with Crippen LogP contribution in [0.15, 0.2) is 77.7 Å². The third-order valence-electron chi connectivity index (χ3n) is 4.66. The zero-order valence-electron chi connectivity index (χ0n) is 17.7. The molecule has 1 aromatic heterocycles. The first-order valence-electron chi connectivity index (χ1n) is 9.85. The van der Waals surface area contributed by atoms with E-state index in [2.05, 4.69) is 15.0 Å². The van der Waals surface area contributed by atoms with Crippen molar-refractivity contribution in [3.05, 3.63) is 88.5 Å². The SMILES string of the molecule is O=C(NS(=O)(=O)c1ccccc1OC(F)(F)F)c1nnn(-c2ccc(Cl)cc2Cl)c1-c1ccccc1. The Morgan fingerprint density at radius 3 is 2.31 bits per heavy atom. The summed E-state index contributed by atoms with van der Waals surface area (Å²) in [5, 5.41) is 8.29. The van der Waals surface area contributed by atoms with Gasteiger partial charge in [0.1, 0.15) is 16.3 Å². The van der Waals surface area contributed by atoms with Gasteiger partial charge < -0.3 is 4.74 Å². The van der Waals surface area contributed by atoms with Crippen molar-refractivity contribution < 1.29 is 31.1 Å². The number of nitrogens with zero attached hydrogens (tertiary/aromatic N) is 3.